The van der Waals surface area contributed by atoms with Gasteiger partial charge in [-0.25, -0.2) is 4.98 Å². The summed E-state index contributed by atoms with van der Waals surface area (Å²) < 4.78 is 0. The second-order valence-electron chi connectivity index (χ2n) is 4.93. The number of nitrogens with zero attached hydrogens (tertiary/aromatic N) is 2. The van der Waals surface area contributed by atoms with E-state index in [4.69, 9.17) is 0 Å². The Hall–Kier alpha value is -0.450. The number of thiazole rings is 1. The van der Waals surface area contributed by atoms with E-state index in [0.29, 0.717) is 0 Å². The van der Waals surface area contributed by atoms with Crippen LogP contribution in [0.3, 0.4) is 0 Å². The maximum Gasteiger partial charge on any atom is 0.0795 e. The van der Waals surface area contributed by atoms with Gasteiger partial charge in [-0.1, -0.05) is 6.92 Å². The quantitative estimate of drug-likeness (QED) is 0.789. The Balaban J connectivity index is 1.72. The fraction of sp³-hybridized carbons (Fsp3) is 0.769. The SMILES string of the molecule is CCCNCC1CCCN(Cc2cscn2)C1. The minimum absolute atomic E-state index is 0.828. The van der Waals surface area contributed by atoms with Gasteiger partial charge in [0.25, 0.3) is 0 Å². The lowest BCUT2D eigenvalue weighted by Gasteiger charge is -2.32. The summed E-state index contributed by atoms with van der Waals surface area (Å²) in [6, 6.07) is 0. The molecular weight excluding hydrogens is 230 g/mol. The lowest BCUT2D eigenvalue weighted by atomic mass is 9.98. The summed E-state index contributed by atoms with van der Waals surface area (Å²) in [6.45, 7) is 8.07. The molecule has 1 aliphatic heterocycles. The molecule has 0 spiro atoms. The maximum absolute atomic E-state index is 4.37. The lowest BCUT2D eigenvalue weighted by molar-refractivity contribution is 0.164. The molecule has 0 saturated carbocycles. The minimum atomic E-state index is 0.828. The molecule has 3 nitrogen and oxygen atoms in total. The summed E-state index contributed by atoms with van der Waals surface area (Å²) in [5, 5.41) is 5.71. The maximum atomic E-state index is 4.37. The van der Waals surface area contributed by atoms with E-state index in [1.165, 1.54) is 44.6 Å². The summed E-state index contributed by atoms with van der Waals surface area (Å²) in [5.74, 6) is 0.828. The third-order valence-corrected chi connectivity index (χ3v) is 3.97. The van der Waals surface area contributed by atoms with Gasteiger partial charge < -0.3 is 5.32 Å². The molecule has 1 aromatic rings. The van der Waals surface area contributed by atoms with E-state index in [2.05, 4.69) is 27.5 Å². The Morgan fingerprint density at radius 2 is 2.53 bits per heavy atom. The molecule has 17 heavy (non-hydrogen) atoms. The van der Waals surface area contributed by atoms with Crippen LogP contribution >= 0.6 is 11.3 Å². The predicted molar refractivity (Wildman–Crippen MR) is 73.3 cm³/mol. The van der Waals surface area contributed by atoms with Gasteiger partial charge >= 0.3 is 0 Å². The van der Waals surface area contributed by atoms with Crippen LogP contribution in [0.1, 0.15) is 31.9 Å². The zero-order valence-corrected chi connectivity index (χ0v) is 11.5. The fourth-order valence-electron chi connectivity index (χ4n) is 2.49. The van der Waals surface area contributed by atoms with Gasteiger partial charge in [0.2, 0.25) is 0 Å². The van der Waals surface area contributed by atoms with E-state index in [1.807, 2.05) is 5.51 Å². The Morgan fingerprint density at radius 3 is 3.29 bits per heavy atom. The van der Waals surface area contributed by atoms with Crippen molar-refractivity contribution in [2.75, 3.05) is 26.2 Å². The van der Waals surface area contributed by atoms with Gasteiger partial charge in [-0.3, -0.25) is 4.90 Å². The highest BCUT2D eigenvalue weighted by Crippen LogP contribution is 2.18. The summed E-state index contributed by atoms with van der Waals surface area (Å²) in [7, 11) is 0. The first-order valence-corrected chi connectivity index (χ1v) is 7.63. The van der Waals surface area contributed by atoms with Gasteiger partial charge in [0.05, 0.1) is 11.2 Å². The molecule has 1 atom stereocenters. The molecule has 0 bridgehead atoms. The Kier molecular flexibility index (Phi) is 5.42. The highest BCUT2D eigenvalue weighted by Gasteiger charge is 2.19. The second-order valence-corrected chi connectivity index (χ2v) is 5.65. The monoisotopic (exact) mass is 253 g/mol. The van der Waals surface area contributed by atoms with E-state index in [-0.39, 0.29) is 0 Å². The van der Waals surface area contributed by atoms with Crippen molar-refractivity contribution >= 4 is 11.3 Å². The lowest BCUT2D eigenvalue weighted by Crippen LogP contribution is -2.39. The van der Waals surface area contributed by atoms with Crippen molar-refractivity contribution in [3.63, 3.8) is 0 Å². The van der Waals surface area contributed by atoms with Crippen LogP contribution in [0.5, 0.6) is 0 Å². The molecule has 1 aromatic heterocycles. The van der Waals surface area contributed by atoms with E-state index in [1.54, 1.807) is 11.3 Å². The number of nitrogens with one attached hydrogen (secondary N) is 1. The smallest absolute Gasteiger partial charge is 0.0795 e. The van der Waals surface area contributed by atoms with Gasteiger partial charge in [-0.2, -0.15) is 0 Å². The molecule has 4 heteroatoms. The van der Waals surface area contributed by atoms with Crippen LogP contribution in [-0.2, 0) is 6.54 Å². The Labute approximate surface area is 108 Å². The molecule has 1 saturated heterocycles. The average Bonchev–Trinajstić information content (AvgIpc) is 2.83. The topological polar surface area (TPSA) is 28.2 Å². The highest BCUT2D eigenvalue weighted by molar-refractivity contribution is 7.07. The van der Waals surface area contributed by atoms with Crippen LogP contribution in [0.2, 0.25) is 0 Å². The molecule has 1 aliphatic rings. The molecule has 1 unspecified atom stereocenters. The van der Waals surface area contributed by atoms with Crippen molar-refractivity contribution < 1.29 is 0 Å². The number of hydrogen-bond acceptors (Lipinski definition) is 4. The highest BCUT2D eigenvalue weighted by atomic mass is 32.1. The van der Waals surface area contributed by atoms with Crippen molar-refractivity contribution in [1.29, 1.82) is 0 Å². The molecule has 0 aromatic carbocycles. The van der Waals surface area contributed by atoms with Crippen molar-refractivity contribution in [2.24, 2.45) is 5.92 Å². The first-order chi connectivity index (χ1) is 8.38. The van der Waals surface area contributed by atoms with Gasteiger partial charge in [-0.05, 0) is 44.8 Å². The summed E-state index contributed by atoms with van der Waals surface area (Å²) >= 11 is 1.70. The van der Waals surface area contributed by atoms with Crippen LogP contribution < -0.4 is 5.32 Å². The largest absolute Gasteiger partial charge is 0.316 e. The molecule has 2 rings (SSSR count). The molecular formula is C13H23N3S. The van der Waals surface area contributed by atoms with Crippen LogP contribution in [0.4, 0.5) is 0 Å². The molecule has 0 aliphatic carbocycles. The van der Waals surface area contributed by atoms with Gasteiger partial charge in [0.15, 0.2) is 0 Å². The average molecular weight is 253 g/mol. The summed E-state index contributed by atoms with van der Waals surface area (Å²) in [4.78, 5) is 6.92. The summed E-state index contributed by atoms with van der Waals surface area (Å²) in [5.41, 5.74) is 3.16. The van der Waals surface area contributed by atoms with E-state index in [9.17, 15) is 0 Å². The molecule has 1 fully saturated rings. The second kappa shape index (κ2) is 7.09. The molecule has 0 amide bonds. The van der Waals surface area contributed by atoms with Crippen molar-refractivity contribution in [3.8, 4) is 0 Å². The van der Waals surface area contributed by atoms with Crippen molar-refractivity contribution in [2.45, 2.75) is 32.7 Å². The zero-order valence-electron chi connectivity index (χ0n) is 10.7. The molecule has 0 radical (unpaired) electrons. The zero-order chi connectivity index (χ0) is 11.9. The van der Waals surface area contributed by atoms with E-state index in [0.717, 1.165) is 19.0 Å². The summed E-state index contributed by atoms with van der Waals surface area (Å²) in [6.07, 6.45) is 3.95. The van der Waals surface area contributed by atoms with Crippen molar-refractivity contribution in [1.82, 2.24) is 15.2 Å². The number of likely N-dealkylation sites (tertiary alicyclic amines) is 1. The van der Waals surface area contributed by atoms with Crippen LogP contribution in [0, 0.1) is 5.92 Å². The number of piperidine rings is 1. The Morgan fingerprint density at radius 1 is 1.59 bits per heavy atom. The number of rotatable bonds is 6. The van der Waals surface area contributed by atoms with E-state index < -0.39 is 0 Å². The minimum Gasteiger partial charge on any atom is -0.316 e. The third kappa shape index (κ3) is 4.37. The first kappa shape index (κ1) is 13.0. The number of aromatic nitrogens is 1. The van der Waals surface area contributed by atoms with Crippen LogP contribution in [-0.4, -0.2) is 36.1 Å². The van der Waals surface area contributed by atoms with Crippen LogP contribution in [0.15, 0.2) is 10.9 Å². The van der Waals surface area contributed by atoms with Crippen LogP contribution in [0.25, 0.3) is 0 Å². The van der Waals surface area contributed by atoms with Gasteiger partial charge in [0, 0.05) is 18.5 Å². The normalized spacial score (nSPS) is 21.8. The van der Waals surface area contributed by atoms with E-state index >= 15 is 0 Å². The Bertz CT molecular complexity index is 300. The standard InChI is InChI=1S/C13H23N3S/c1-2-5-14-7-12-4-3-6-16(8-12)9-13-10-17-11-15-13/h10-12,14H,2-9H2,1H3. The molecule has 1 N–H and O–H groups in total. The van der Waals surface area contributed by atoms with Crippen molar-refractivity contribution in [3.05, 3.63) is 16.6 Å². The third-order valence-electron chi connectivity index (χ3n) is 3.33. The predicted octanol–water partition coefficient (Wildman–Crippen LogP) is 2.35. The van der Waals surface area contributed by atoms with Gasteiger partial charge in [0.1, 0.15) is 0 Å². The molecule has 2 heterocycles. The first-order valence-electron chi connectivity index (χ1n) is 6.68. The number of hydrogen-bond donors (Lipinski definition) is 1. The molecule has 96 valence electrons. The van der Waals surface area contributed by atoms with Gasteiger partial charge in [-0.15, -0.1) is 11.3 Å². The fourth-order valence-corrected chi connectivity index (χ4v) is 3.04.